The lowest BCUT2D eigenvalue weighted by Gasteiger charge is -2.22. The molecule has 0 aliphatic rings. The molecular weight excluding hydrogens is 221 g/mol. The summed E-state index contributed by atoms with van der Waals surface area (Å²) in [5.74, 6) is -0.464. The summed E-state index contributed by atoms with van der Waals surface area (Å²) < 4.78 is 42.5. The van der Waals surface area contributed by atoms with Gasteiger partial charge in [0.25, 0.3) is 0 Å². The fourth-order valence-corrected chi connectivity index (χ4v) is 1.16. The fraction of sp³-hybridized carbons (Fsp3) is 0.455. The van der Waals surface area contributed by atoms with Crippen LogP contribution in [0.4, 0.5) is 13.2 Å². The fourth-order valence-electron chi connectivity index (χ4n) is 1.16. The highest BCUT2D eigenvalue weighted by Crippen LogP contribution is 2.35. The molecule has 0 amide bonds. The molecule has 0 saturated carbocycles. The number of rotatable bonds is 1. The average molecular weight is 234 g/mol. The van der Waals surface area contributed by atoms with Crippen molar-refractivity contribution in [3.05, 3.63) is 23.8 Å². The van der Waals surface area contributed by atoms with Crippen LogP contribution in [0.3, 0.4) is 0 Å². The number of phenols is 1. The first-order valence-electron chi connectivity index (χ1n) is 4.68. The molecule has 2 nitrogen and oxygen atoms in total. The summed E-state index contributed by atoms with van der Waals surface area (Å²) in [6, 6.07) is 2.68. The first-order chi connectivity index (χ1) is 7.08. The molecule has 90 valence electrons. The van der Waals surface area contributed by atoms with Crippen molar-refractivity contribution in [1.29, 1.82) is 0 Å². The molecule has 1 aromatic carbocycles. The van der Waals surface area contributed by atoms with Crippen molar-refractivity contribution >= 4 is 0 Å². The van der Waals surface area contributed by atoms with Crippen molar-refractivity contribution < 1.29 is 23.0 Å². The highest BCUT2D eigenvalue weighted by Gasteiger charge is 2.31. The lowest BCUT2D eigenvalue weighted by molar-refractivity contribution is -0.137. The van der Waals surface area contributed by atoms with Gasteiger partial charge in [-0.15, -0.1) is 0 Å². The molecule has 0 radical (unpaired) electrons. The molecule has 1 aromatic rings. The summed E-state index contributed by atoms with van der Waals surface area (Å²) in [5.41, 5.74) is -1.54. The lowest BCUT2D eigenvalue weighted by atomic mass is 10.1. The van der Waals surface area contributed by atoms with E-state index in [9.17, 15) is 18.3 Å². The van der Waals surface area contributed by atoms with Crippen LogP contribution in [0.5, 0.6) is 11.5 Å². The van der Waals surface area contributed by atoms with Gasteiger partial charge in [0.15, 0.2) is 0 Å². The van der Waals surface area contributed by atoms with E-state index in [1.165, 1.54) is 0 Å². The maximum Gasteiger partial charge on any atom is 0.416 e. The van der Waals surface area contributed by atoms with E-state index in [2.05, 4.69) is 0 Å². The smallest absolute Gasteiger partial charge is 0.416 e. The molecule has 5 heteroatoms. The van der Waals surface area contributed by atoms with Gasteiger partial charge in [-0.3, -0.25) is 0 Å². The zero-order valence-corrected chi connectivity index (χ0v) is 9.22. The van der Waals surface area contributed by atoms with E-state index in [0.29, 0.717) is 6.07 Å². The zero-order valence-electron chi connectivity index (χ0n) is 9.22. The minimum atomic E-state index is -4.49. The van der Waals surface area contributed by atoms with Gasteiger partial charge in [0.05, 0.1) is 5.56 Å². The van der Waals surface area contributed by atoms with Gasteiger partial charge in [0.1, 0.15) is 17.1 Å². The van der Waals surface area contributed by atoms with Crippen molar-refractivity contribution in [2.45, 2.75) is 32.5 Å². The van der Waals surface area contributed by atoms with E-state index >= 15 is 0 Å². The van der Waals surface area contributed by atoms with Gasteiger partial charge in [-0.25, -0.2) is 0 Å². The Labute approximate surface area is 91.7 Å². The number of halogens is 3. The summed E-state index contributed by atoms with van der Waals surface area (Å²) in [6.45, 7) is 5.14. The van der Waals surface area contributed by atoms with Crippen LogP contribution in [0.1, 0.15) is 26.3 Å². The predicted molar refractivity (Wildman–Crippen MR) is 53.5 cm³/mol. The Balaban J connectivity index is 3.09. The summed E-state index contributed by atoms with van der Waals surface area (Å²) in [4.78, 5) is 0. The monoisotopic (exact) mass is 234 g/mol. The van der Waals surface area contributed by atoms with Gasteiger partial charge in [-0.2, -0.15) is 13.2 Å². The van der Waals surface area contributed by atoms with Crippen molar-refractivity contribution in [3.8, 4) is 11.5 Å². The molecule has 1 rings (SSSR count). The highest BCUT2D eigenvalue weighted by molar-refractivity contribution is 5.39. The van der Waals surface area contributed by atoms with Crippen LogP contribution >= 0.6 is 0 Å². The molecule has 0 saturated heterocycles. The molecule has 0 bridgehead atoms. The van der Waals surface area contributed by atoms with E-state index in [4.69, 9.17) is 4.74 Å². The van der Waals surface area contributed by atoms with Crippen LogP contribution in [0, 0.1) is 0 Å². The lowest BCUT2D eigenvalue weighted by Crippen LogP contribution is -2.23. The number of alkyl halides is 3. The van der Waals surface area contributed by atoms with Gasteiger partial charge in [-0.05, 0) is 32.9 Å². The Morgan fingerprint density at radius 2 is 1.62 bits per heavy atom. The van der Waals surface area contributed by atoms with Crippen LogP contribution in [-0.4, -0.2) is 10.7 Å². The minimum Gasteiger partial charge on any atom is -0.508 e. The van der Waals surface area contributed by atoms with Crippen LogP contribution in [0.2, 0.25) is 0 Å². The number of phenolic OH excluding ortho intramolecular Hbond substituents is 1. The third-order valence-electron chi connectivity index (χ3n) is 1.64. The van der Waals surface area contributed by atoms with Gasteiger partial charge in [0.2, 0.25) is 0 Å². The zero-order chi connectivity index (χ0) is 12.6. The molecule has 0 heterocycles. The first-order valence-corrected chi connectivity index (χ1v) is 4.68. The third-order valence-corrected chi connectivity index (χ3v) is 1.64. The molecule has 16 heavy (non-hydrogen) atoms. The molecule has 1 N–H and O–H groups in total. The summed E-state index contributed by atoms with van der Waals surface area (Å²) >= 11 is 0. The molecule has 0 aliphatic heterocycles. The van der Waals surface area contributed by atoms with Crippen LogP contribution < -0.4 is 4.74 Å². The second-order valence-electron chi connectivity index (χ2n) is 4.43. The van der Waals surface area contributed by atoms with E-state index in [1.807, 2.05) is 0 Å². The molecule has 0 atom stereocenters. The number of hydrogen-bond donors (Lipinski definition) is 1. The van der Waals surface area contributed by atoms with Crippen molar-refractivity contribution in [2.24, 2.45) is 0 Å². The Bertz CT molecular complexity index is 378. The molecule has 0 fully saturated rings. The first kappa shape index (κ1) is 12.7. The predicted octanol–water partition coefficient (Wildman–Crippen LogP) is 3.59. The molecule has 0 aliphatic carbocycles. The van der Waals surface area contributed by atoms with E-state index in [0.717, 1.165) is 12.1 Å². The van der Waals surface area contributed by atoms with Crippen LogP contribution in [0.25, 0.3) is 0 Å². The van der Waals surface area contributed by atoms with Crippen molar-refractivity contribution in [1.82, 2.24) is 0 Å². The largest absolute Gasteiger partial charge is 0.508 e. The molecular formula is C11H13F3O2. The SMILES string of the molecule is CC(C)(C)Oc1cc(O)cc(C(F)(F)F)c1. The maximum atomic E-state index is 12.4. The van der Waals surface area contributed by atoms with Gasteiger partial charge in [-0.1, -0.05) is 0 Å². The minimum absolute atomic E-state index is 0.000162. The van der Waals surface area contributed by atoms with E-state index in [1.54, 1.807) is 20.8 Å². The number of hydrogen-bond acceptors (Lipinski definition) is 2. The summed E-state index contributed by atoms with van der Waals surface area (Å²) in [7, 11) is 0. The number of ether oxygens (including phenoxy) is 1. The average Bonchev–Trinajstić information content (AvgIpc) is 1.97. The van der Waals surface area contributed by atoms with Crippen molar-refractivity contribution in [2.75, 3.05) is 0 Å². The van der Waals surface area contributed by atoms with E-state index in [-0.39, 0.29) is 5.75 Å². The molecule has 0 spiro atoms. The Kier molecular flexibility index (Phi) is 3.08. The number of benzene rings is 1. The van der Waals surface area contributed by atoms with Gasteiger partial charge in [0, 0.05) is 6.07 Å². The van der Waals surface area contributed by atoms with Crippen molar-refractivity contribution in [3.63, 3.8) is 0 Å². The Morgan fingerprint density at radius 3 is 2.06 bits per heavy atom. The Morgan fingerprint density at radius 1 is 1.06 bits per heavy atom. The quantitative estimate of drug-likeness (QED) is 0.804. The normalized spacial score (nSPS) is 12.6. The van der Waals surface area contributed by atoms with Gasteiger partial charge >= 0.3 is 6.18 Å². The molecule has 0 aromatic heterocycles. The summed E-state index contributed by atoms with van der Waals surface area (Å²) in [6.07, 6.45) is -4.49. The number of aromatic hydroxyl groups is 1. The highest BCUT2D eigenvalue weighted by atomic mass is 19.4. The second kappa shape index (κ2) is 3.88. The standard InChI is InChI=1S/C11H13F3O2/c1-10(2,3)16-9-5-7(11(12,13)14)4-8(15)6-9/h4-6,15H,1-3H3. The van der Waals surface area contributed by atoms with Gasteiger partial charge < -0.3 is 9.84 Å². The van der Waals surface area contributed by atoms with Crippen LogP contribution in [0.15, 0.2) is 18.2 Å². The third kappa shape index (κ3) is 3.64. The van der Waals surface area contributed by atoms with E-state index < -0.39 is 23.1 Å². The molecule has 0 unspecified atom stereocenters. The maximum absolute atomic E-state index is 12.4. The topological polar surface area (TPSA) is 29.5 Å². The Hall–Kier alpha value is -1.39. The second-order valence-corrected chi connectivity index (χ2v) is 4.43. The van der Waals surface area contributed by atoms with Crippen LogP contribution in [-0.2, 0) is 6.18 Å². The summed E-state index contributed by atoms with van der Waals surface area (Å²) in [5, 5.41) is 9.17.